The van der Waals surface area contributed by atoms with Gasteiger partial charge in [-0.1, -0.05) is 24.3 Å². The Bertz CT molecular complexity index is 2730. The monoisotopic (exact) mass is 888 g/mol. The number of nitrogens with one attached hydrogen (secondary N) is 1. The summed E-state index contributed by atoms with van der Waals surface area (Å²) in [6, 6.07) is 23.6. The van der Waals surface area contributed by atoms with Crippen LogP contribution in [0.25, 0.3) is 0 Å². The lowest BCUT2D eigenvalue weighted by Crippen LogP contribution is -2.53. The first kappa shape index (κ1) is 46.8. The molecule has 0 radical (unpaired) electrons. The first-order chi connectivity index (χ1) is 30.3. The number of hydrogen-bond donors (Lipinski definition) is 3. The number of carbonyl (C=O) groups excluding carboxylic acids is 3. The van der Waals surface area contributed by atoms with Gasteiger partial charge in [0.25, 0.3) is 17.6 Å². The van der Waals surface area contributed by atoms with Gasteiger partial charge < -0.3 is 25.6 Å². The number of pyridine rings is 2. The summed E-state index contributed by atoms with van der Waals surface area (Å²) in [5, 5.41) is 37.1. The number of carboxylic acids is 1. The van der Waals surface area contributed by atoms with Gasteiger partial charge in [0.2, 0.25) is 11.7 Å². The number of ether oxygens (including phenoxy) is 2. The van der Waals surface area contributed by atoms with E-state index in [-0.39, 0.29) is 42.0 Å². The van der Waals surface area contributed by atoms with Gasteiger partial charge in [0.05, 0.1) is 36.4 Å². The Hall–Kier alpha value is -8.27. The van der Waals surface area contributed by atoms with Gasteiger partial charge in [-0.2, -0.15) is 10.5 Å². The number of nitriles is 2. The predicted molar refractivity (Wildman–Crippen MR) is 229 cm³/mol. The van der Waals surface area contributed by atoms with Crippen LogP contribution in [-0.4, -0.2) is 107 Å². The summed E-state index contributed by atoms with van der Waals surface area (Å²) in [4.78, 5) is 66.8. The van der Waals surface area contributed by atoms with Gasteiger partial charge in [0, 0.05) is 26.5 Å². The molecule has 4 aromatic heterocycles. The number of fused-ring (bicyclic) bond motifs is 2. The number of carbonyl (C=O) groups is 4. The van der Waals surface area contributed by atoms with E-state index in [4.69, 9.17) is 30.8 Å². The minimum Gasteiger partial charge on any atom is -0.485 e. The highest BCUT2D eigenvalue weighted by Crippen LogP contribution is 2.30. The second-order valence-electron chi connectivity index (χ2n) is 14.0. The molecule has 0 fully saturated rings. The van der Waals surface area contributed by atoms with Gasteiger partial charge in [-0.25, -0.2) is 34.1 Å². The van der Waals surface area contributed by atoms with E-state index in [1.165, 1.54) is 31.8 Å². The van der Waals surface area contributed by atoms with Crippen LogP contribution >= 0.6 is 12.4 Å². The summed E-state index contributed by atoms with van der Waals surface area (Å²) in [7, 11) is 3.23. The average molecular weight is 889 g/mol. The van der Waals surface area contributed by atoms with E-state index in [2.05, 4.69) is 41.5 Å². The molecule has 4 N–H and O–H groups in total. The number of likely N-dealkylation sites (N-methyl/N-ethyl adjacent to an activating group) is 2. The van der Waals surface area contributed by atoms with Crippen LogP contribution < -0.4 is 30.3 Å². The van der Waals surface area contributed by atoms with Crippen LogP contribution in [0.5, 0.6) is 11.5 Å². The Labute approximate surface area is 372 Å². The molecular formula is C42H41ClN14O7. The summed E-state index contributed by atoms with van der Waals surface area (Å²) in [6.45, 7) is 4.21. The molecule has 3 amide bonds. The second-order valence-corrected chi connectivity index (χ2v) is 14.0. The highest BCUT2D eigenvalue weighted by molar-refractivity contribution is 6.02. The SMILES string of the molecule is C[C@H]1Oc2cccnc2N(C)C(=O)[C@H]1N.C[C@H]1Oc2cccnc2N(C)C(=O)[C@H]1NC(=O)c1ncn(Cc2cccc(C#N)c2)n1.Cl.N#Cc1cccc(Cn2cnc(C(=O)O)n2)c1. The van der Waals surface area contributed by atoms with Crippen LogP contribution in [0.4, 0.5) is 11.6 Å². The molecule has 2 aliphatic heterocycles. The highest BCUT2D eigenvalue weighted by atomic mass is 35.5. The van der Waals surface area contributed by atoms with Gasteiger partial charge in [0.15, 0.2) is 23.1 Å². The summed E-state index contributed by atoms with van der Waals surface area (Å²) >= 11 is 0. The van der Waals surface area contributed by atoms with Crippen LogP contribution in [0.2, 0.25) is 0 Å². The number of amides is 3. The molecule has 64 heavy (non-hydrogen) atoms. The van der Waals surface area contributed by atoms with Crippen molar-refractivity contribution in [1.29, 1.82) is 10.5 Å². The Morgan fingerprint density at radius 2 is 1.22 bits per heavy atom. The van der Waals surface area contributed by atoms with Crippen molar-refractivity contribution in [3.8, 4) is 23.6 Å². The molecule has 22 heteroatoms. The Kier molecular flexibility index (Phi) is 15.4. The van der Waals surface area contributed by atoms with Crippen molar-refractivity contribution in [3.63, 3.8) is 0 Å². The maximum Gasteiger partial charge on any atom is 0.375 e. The number of aromatic carboxylic acids is 1. The third kappa shape index (κ3) is 11.2. The molecule has 0 saturated carbocycles. The normalized spacial score (nSPS) is 17.2. The fourth-order valence-corrected chi connectivity index (χ4v) is 6.22. The summed E-state index contributed by atoms with van der Waals surface area (Å²) in [5.41, 5.74) is 8.56. The zero-order chi connectivity index (χ0) is 45.2. The summed E-state index contributed by atoms with van der Waals surface area (Å²) in [6.07, 6.45) is 4.99. The van der Waals surface area contributed by atoms with Crippen molar-refractivity contribution in [2.45, 2.75) is 51.2 Å². The van der Waals surface area contributed by atoms with Crippen molar-refractivity contribution < 1.29 is 33.8 Å². The molecule has 4 atom stereocenters. The van der Waals surface area contributed by atoms with E-state index in [1.807, 2.05) is 18.2 Å². The number of aromatic nitrogens is 8. The molecule has 21 nitrogen and oxygen atoms in total. The number of hydrogen-bond acceptors (Lipinski definition) is 15. The smallest absolute Gasteiger partial charge is 0.375 e. The molecule has 0 spiro atoms. The van der Waals surface area contributed by atoms with Crippen molar-refractivity contribution in [2.75, 3.05) is 23.9 Å². The van der Waals surface area contributed by atoms with Crippen LogP contribution in [0.3, 0.4) is 0 Å². The first-order valence-corrected chi connectivity index (χ1v) is 19.1. The zero-order valence-electron chi connectivity index (χ0n) is 34.7. The van der Waals surface area contributed by atoms with Gasteiger partial charge in [-0.3, -0.25) is 24.2 Å². The maximum atomic E-state index is 12.9. The zero-order valence-corrected chi connectivity index (χ0v) is 35.5. The van der Waals surface area contributed by atoms with E-state index in [0.717, 1.165) is 11.1 Å². The number of halogens is 1. The lowest BCUT2D eigenvalue weighted by atomic mass is 10.1. The van der Waals surface area contributed by atoms with Crippen molar-refractivity contribution in [2.24, 2.45) is 5.73 Å². The predicted octanol–water partition coefficient (Wildman–Crippen LogP) is 2.61. The van der Waals surface area contributed by atoms with Gasteiger partial charge in [-0.15, -0.1) is 22.6 Å². The van der Waals surface area contributed by atoms with E-state index in [9.17, 15) is 19.2 Å². The molecule has 2 aromatic carbocycles. The number of benzene rings is 2. The minimum atomic E-state index is -1.16. The molecule has 0 unspecified atom stereocenters. The van der Waals surface area contributed by atoms with Crippen molar-refractivity contribution in [3.05, 3.63) is 132 Å². The highest BCUT2D eigenvalue weighted by Gasteiger charge is 2.37. The van der Waals surface area contributed by atoms with Gasteiger partial charge in [-0.05, 0) is 73.5 Å². The van der Waals surface area contributed by atoms with Crippen molar-refractivity contribution in [1.82, 2.24) is 44.8 Å². The standard InChI is InChI=1S/C21H19N7O3.C11H8N4O2.C10H13N3O2.ClH/c1-13-17(21(30)27(2)19-16(31-13)7-4-8-23-19)25-20(29)18-24-12-28(26-18)11-15-6-3-5-14(9-15)10-22;12-5-8-2-1-3-9(4-8)6-15-7-13-10(14-15)11(16)17;1-6-8(11)10(14)13(2)9-7(15-6)4-3-5-12-9;/h3-9,12-13,17H,11H2,1-2H3,(H,25,29);1-4,7H,6H2,(H,16,17);3-6,8H,11H2,1-2H3;1H/t13-,17+;;6-,8+;/m1.1./s1. The lowest BCUT2D eigenvalue weighted by molar-refractivity contribution is -0.122. The average Bonchev–Trinajstić information content (AvgIpc) is 3.95. The Morgan fingerprint density at radius 3 is 1.72 bits per heavy atom. The molecule has 0 aliphatic carbocycles. The van der Waals surface area contributed by atoms with E-state index in [1.54, 1.807) is 101 Å². The number of rotatable bonds is 7. The van der Waals surface area contributed by atoms with E-state index >= 15 is 0 Å². The van der Waals surface area contributed by atoms with Gasteiger partial charge >= 0.3 is 5.97 Å². The number of nitrogens with zero attached hydrogens (tertiary/aromatic N) is 12. The molecule has 2 aliphatic rings. The van der Waals surface area contributed by atoms with E-state index < -0.39 is 30.1 Å². The molecule has 0 bridgehead atoms. The molecule has 6 aromatic rings. The molecule has 0 saturated heterocycles. The fraction of sp³-hybridized carbons (Fsp3) is 0.238. The summed E-state index contributed by atoms with van der Waals surface area (Å²) in [5.74, 6) is -0.634. The van der Waals surface area contributed by atoms with Crippen LogP contribution in [0.1, 0.15) is 57.3 Å². The quantitative estimate of drug-likeness (QED) is 0.208. The maximum absolute atomic E-state index is 12.9. The molecular weight excluding hydrogens is 848 g/mol. The topological polar surface area (TPSA) is 286 Å². The Morgan fingerprint density at radius 1 is 0.734 bits per heavy atom. The van der Waals surface area contributed by atoms with Crippen LogP contribution in [0.15, 0.2) is 97.8 Å². The van der Waals surface area contributed by atoms with Crippen LogP contribution in [-0.2, 0) is 22.7 Å². The lowest BCUT2D eigenvalue weighted by Gasteiger charge is -2.22. The number of carboxylic acid groups (broad SMARTS) is 1. The molecule has 8 rings (SSSR count). The second kappa shape index (κ2) is 21.0. The number of anilines is 2. The fourth-order valence-electron chi connectivity index (χ4n) is 6.22. The Balaban J connectivity index is 0.000000197. The largest absolute Gasteiger partial charge is 0.485 e. The molecule has 328 valence electrons. The number of nitrogens with two attached hydrogens (primary N) is 1. The molecule has 6 heterocycles. The minimum absolute atomic E-state index is 0. The third-order valence-corrected chi connectivity index (χ3v) is 9.51. The van der Waals surface area contributed by atoms with Gasteiger partial charge in [0.1, 0.15) is 36.9 Å². The summed E-state index contributed by atoms with van der Waals surface area (Å²) < 4.78 is 14.3. The van der Waals surface area contributed by atoms with Crippen molar-refractivity contribution >= 4 is 47.7 Å². The first-order valence-electron chi connectivity index (χ1n) is 19.1. The van der Waals surface area contributed by atoms with Crippen LogP contribution in [0, 0.1) is 22.7 Å². The third-order valence-electron chi connectivity index (χ3n) is 9.51. The van der Waals surface area contributed by atoms with E-state index in [0.29, 0.717) is 47.4 Å².